The molecule has 0 aliphatic rings. The summed E-state index contributed by atoms with van der Waals surface area (Å²) in [6.07, 6.45) is 0. The number of nitrogens with one attached hydrogen (secondary N) is 1. The Morgan fingerprint density at radius 3 is 2.65 bits per heavy atom. The molecular formula is C15H16N2O3. The second-order valence-electron chi connectivity index (χ2n) is 4.38. The number of hydrogen-bond acceptors (Lipinski definition) is 4. The van der Waals surface area contributed by atoms with Gasteiger partial charge in [-0.15, -0.1) is 0 Å². The molecule has 2 aromatic carbocycles. The minimum absolute atomic E-state index is 0.0838. The molecule has 0 aliphatic carbocycles. The van der Waals surface area contributed by atoms with Crippen molar-refractivity contribution < 1.29 is 9.66 Å². The highest BCUT2D eigenvalue weighted by Gasteiger charge is 2.11. The van der Waals surface area contributed by atoms with E-state index in [1.54, 1.807) is 25.3 Å². The van der Waals surface area contributed by atoms with Crippen LogP contribution >= 0.6 is 0 Å². The van der Waals surface area contributed by atoms with Crippen LogP contribution in [0.15, 0.2) is 48.5 Å². The van der Waals surface area contributed by atoms with Crippen LogP contribution in [0.5, 0.6) is 0 Å². The van der Waals surface area contributed by atoms with Crippen LogP contribution in [0, 0.1) is 10.1 Å². The van der Waals surface area contributed by atoms with Crippen molar-refractivity contribution in [1.82, 2.24) is 0 Å². The second kappa shape index (κ2) is 6.68. The van der Waals surface area contributed by atoms with Crippen LogP contribution in [0.4, 0.5) is 11.4 Å². The first-order valence-electron chi connectivity index (χ1n) is 6.25. The molecule has 0 atom stereocenters. The summed E-state index contributed by atoms with van der Waals surface area (Å²) in [5.74, 6) is 0. The van der Waals surface area contributed by atoms with E-state index in [4.69, 9.17) is 4.74 Å². The van der Waals surface area contributed by atoms with Gasteiger partial charge in [-0.3, -0.25) is 10.1 Å². The molecule has 5 nitrogen and oxygen atoms in total. The number of nitro benzene ring substituents is 1. The zero-order valence-electron chi connectivity index (χ0n) is 11.2. The van der Waals surface area contributed by atoms with E-state index in [1.807, 2.05) is 24.3 Å². The number of methoxy groups -OCH3 is 1. The average molecular weight is 272 g/mol. The normalized spacial score (nSPS) is 10.2. The van der Waals surface area contributed by atoms with Gasteiger partial charge in [0.1, 0.15) is 5.69 Å². The zero-order valence-corrected chi connectivity index (χ0v) is 11.2. The Bertz CT molecular complexity index is 599. The predicted molar refractivity (Wildman–Crippen MR) is 77.6 cm³/mol. The van der Waals surface area contributed by atoms with E-state index in [0.29, 0.717) is 18.8 Å². The monoisotopic (exact) mass is 272 g/mol. The van der Waals surface area contributed by atoms with E-state index in [-0.39, 0.29) is 10.6 Å². The van der Waals surface area contributed by atoms with E-state index >= 15 is 0 Å². The standard InChI is InChI=1S/C15H16N2O3/c1-20-11-13-6-4-5-12(9-13)10-16-14-7-2-3-8-15(14)17(18)19/h2-9,16H,10-11H2,1H3. The van der Waals surface area contributed by atoms with Crippen LogP contribution in [0.25, 0.3) is 0 Å². The van der Waals surface area contributed by atoms with Gasteiger partial charge in [0.25, 0.3) is 5.69 Å². The molecular weight excluding hydrogens is 256 g/mol. The summed E-state index contributed by atoms with van der Waals surface area (Å²) >= 11 is 0. The number of ether oxygens (including phenoxy) is 1. The van der Waals surface area contributed by atoms with Crippen molar-refractivity contribution in [3.05, 3.63) is 69.8 Å². The van der Waals surface area contributed by atoms with Gasteiger partial charge in [0.05, 0.1) is 11.5 Å². The quantitative estimate of drug-likeness (QED) is 0.647. The van der Waals surface area contributed by atoms with Gasteiger partial charge in [0, 0.05) is 19.7 Å². The van der Waals surface area contributed by atoms with Gasteiger partial charge >= 0.3 is 0 Å². The van der Waals surface area contributed by atoms with Crippen molar-refractivity contribution in [3.8, 4) is 0 Å². The van der Waals surface area contributed by atoms with Crippen molar-refractivity contribution >= 4 is 11.4 Å². The Balaban J connectivity index is 2.09. The molecule has 0 saturated heterocycles. The lowest BCUT2D eigenvalue weighted by Crippen LogP contribution is -2.03. The topological polar surface area (TPSA) is 64.4 Å². The highest BCUT2D eigenvalue weighted by molar-refractivity contribution is 5.61. The van der Waals surface area contributed by atoms with Crippen LogP contribution in [0.2, 0.25) is 0 Å². The number of benzene rings is 2. The Morgan fingerprint density at radius 1 is 1.15 bits per heavy atom. The molecule has 5 heteroatoms. The maximum absolute atomic E-state index is 10.9. The lowest BCUT2D eigenvalue weighted by Gasteiger charge is -2.08. The molecule has 1 N–H and O–H groups in total. The SMILES string of the molecule is COCc1cccc(CNc2ccccc2[N+](=O)[O-])c1. The largest absolute Gasteiger partial charge is 0.380 e. The summed E-state index contributed by atoms with van der Waals surface area (Å²) < 4.78 is 5.09. The van der Waals surface area contributed by atoms with E-state index in [1.165, 1.54) is 6.07 Å². The number of nitro groups is 1. The van der Waals surface area contributed by atoms with Gasteiger partial charge in [0.2, 0.25) is 0 Å². The first kappa shape index (κ1) is 14.0. The summed E-state index contributed by atoms with van der Waals surface area (Å²) in [4.78, 5) is 10.5. The minimum Gasteiger partial charge on any atom is -0.380 e. The molecule has 0 fully saturated rings. The van der Waals surface area contributed by atoms with Gasteiger partial charge in [-0.25, -0.2) is 0 Å². The lowest BCUT2D eigenvalue weighted by molar-refractivity contribution is -0.384. The molecule has 0 unspecified atom stereocenters. The molecule has 0 heterocycles. The fourth-order valence-electron chi connectivity index (χ4n) is 1.98. The number of nitrogens with zero attached hydrogens (tertiary/aromatic N) is 1. The molecule has 2 aromatic rings. The van der Waals surface area contributed by atoms with Crippen molar-refractivity contribution in [2.75, 3.05) is 12.4 Å². The molecule has 0 radical (unpaired) electrons. The minimum atomic E-state index is -0.385. The van der Waals surface area contributed by atoms with Crippen molar-refractivity contribution in [2.45, 2.75) is 13.2 Å². The highest BCUT2D eigenvalue weighted by Crippen LogP contribution is 2.23. The fraction of sp³-hybridized carbons (Fsp3) is 0.200. The van der Waals surface area contributed by atoms with Crippen LogP contribution in [0.3, 0.4) is 0 Å². The Labute approximate surface area is 117 Å². The van der Waals surface area contributed by atoms with Crippen molar-refractivity contribution in [2.24, 2.45) is 0 Å². The molecule has 0 saturated carbocycles. The second-order valence-corrected chi connectivity index (χ2v) is 4.38. The molecule has 0 aliphatic heterocycles. The highest BCUT2D eigenvalue weighted by atomic mass is 16.6. The van der Waals surface area contributed by atoms with E-state index in [0.717, 1.165) is 11.1 Å². The smallest absolute Gasteiger partial charge is 0.292 e. The van der Waals surface area contributed by atoms with Crippen LogP contribution in [0.1, 0.15) is 11.1 Å². The van der Waals surface area contributed by atoms with E-state index in [9.17, 15) is 10.1 Å². The maximum atomic E-state index is 10.9. The van der Waals surface area contributed by atoms with Crippen molar-refractivity contribution in [1.29, 1.82) is 0 Å². The van der Waals surface area contributed by atoms with Gasteiger partial charge in [-0.1, -0.05) is 36.4 Å². The van der Waals surface area contributed by atoms with Crippen LogP contribution < -0.4 is 5.32 Å². The summed E-state index contributed by atoms with van der Waals surface area (Å²) in [5, 5.41) is 14.0. The summed E-state index contributed by atoms with van der Waals surface area (Å²) in [7, 11) is 1.65. The number of rotatable bonds is 6. The average Bonchev–Trinajstić information content (AvgIpc) is 2.46. The first-order chi connectivity index (χ1) is 9.70. The van der Waals surface area contributed by atoms with Crippen molar-refractivity contribution in [3.63, 3.8) is 0 Å². The predicted octanol–water partition coefficient (Wildman–Crippen LogP) is 3.35. The summed E-state index contributed by atoms with van der Waals surface area (Å²) in [5.41, 5.74) is 2.74. The van der Waals surface area contributed by atoms with Gasteiger partial charge in [-0.2, -0.15) is 0 Å². The van der Waals surface area contributed by atoms with Gasteiger partial charge in [0.15, 0.2) is 0 Å². The third kappa shape index (κ3) is 3.55. The number of anilines is 1. The number of para-hydroxylation sites is 2. The molecule has 104 valence electrons. The van der Waals surface area contributed by atoms with Crippen LogP contribution in [-0.2, 0) is 17.9 Å². The molecule has 0 spiro atoms. The molecule has 0 aromatic heterocycles. The molecule has 0 bridgehead atoms. The molecule has 2 rings (SSSR count). The number of hydrogen-bond donors (Lipinski definition) is 1. The molecule has 20 heavy (non-hydrogen) atoms. The Hall–Kier alpha value is -2.40. The Morgan fingerprint density at radius 2 is 1.90 bits per heavy atom. The summed E-state index contributed by atoms with van der Waals surface area (Å²) in [6.45, 7) is 1.09. The van der Waals surface area contributed by atoms with E-state index < -0.39 is 0 Å². The molecule has 0 amide bonds. The maximum Gasteiger partial charge on any atom is 0.292 e. The van der Waals surface area contributed by atoms with Crippen LogP contribution in [-0.4, -0.2) is 12.0 Å². The Kier molecular flexibility index (Phi) is 4.68. The third-order valence-electron chi connectivity index (χ3n) is 2.89. The lowest BCUT2D eigenvalue weighted by atomic mass is 10.1. The van der Waals surface area contributed by atoms with Gasteiger partial charge < -0.3 is 10.1 Å². The fourth-order valence-corrected chi connectivity index (χ4v) is 1.98. The zero-order chi connectivity index (χ0) is 14.4. The first-order valence-corrected chi connectivity index (χ1v) is 6.25. The van der Waals surface area contributed by atoms with Gasteiger partial charge in [-0.05, 0) is 17.2 Å². The summed E-state index contributed by atoms with van der Waals surface area (Å²) in [6, 6.07) is 14.6. The van der Waals surface area contributed by atoms with E-state index in [2.05, 4.69) is 5.32 Å². The third-order valence-corrected chi connectivity index (χ3v) is 2.89.